The fourth-order valence-corrected chi connectivity index (χ4v) is 5.26. The minimum Gasteiger partial charge on any atom is -0.495 e. The van der Waals surface area contributed by atoms with Crippen molar-refractivity contribution < 1.29 is 17.9 Å². The lowest BCUT2D eigenvalue weighted by atomic mass is 10.0. The Kier molecular flexibility index (Phi) is 3.01. The maximum Gasteiger partial charge on any atom is 0.227 e. The van der Waals surface area contributed by atoms with Crippen molar-refractivity contribution in [2.24, 2.45) is 5.92 Å². The van der Waals surface area contributed by atoms with Crippen LogP contribution in [-0.2, 0) is 14.6 Å². The van der Waals surface area contributed by atoms with Crippen molar-refractivity contribution in [3.63, 3.8) is 0 Å². The average Bonchev–Trinajstić information content (AvgIpc) is 2.79. The van der Waals surface area contributed by atoms with E-state index in [1.165, 1.54) is 0 Å². The first-order valence-electron chi connectivity index (χ1n) is 6.58. The van der Waals surface area contributed by atoms with Gasteiger partial charge in [-0.1, -0.05) is 6.07 Å². The third-order valence-corrected chi connectivity index (χ3v) is 5.85. The van der Waals surface area contributed by atoms with Crippen LogP contribution in [-0.4, -0.2) is 39.0 Å². The van der Waals surface area contributed by atoms with Gasteiger partial charge >= 0.3 is 0 Å². The molecule has 0 spiro atoms. The van der Waals surface area contributed by atoms with Gasteiger partial charge in [-0.2, -0.15) is 0 Å². The highest BCUT2D eigenvalue weighted by Gasteiger charge is 2.49. The molecule has 1 aromatic carbocycles. The Balaban J connectivity index is 2.05. The molecule has 0 N–H and O–H groups in total. The summed E-state index contributed by atoms with van der Waals surface area (Å²) in [7, 11) is -1.48. The predicted octanol–water partition coefficient (Wildman–Crippen LogP) is 1.15. The first kappa shape index (κ1) is 13.4. The third kappa shape index (κ3) is 2.08. The molecule has 2 aliphatic rings. The molecule has 0 bridgehead atoms. The topological polar surface area (TPSA) is 63.7 Å². The van der Waals surface area contributed by atoms with Crippen molar-refractivity contribution >= 4 is 21.4 Å². The first-order chi connectivity index (χ1) is 9.41. The zero-order chi connectivity index (χ0) is 14.5. The molecule has 1 amide bonds. The number of benzene rings is 1. The zero-order valence-corrected chi connectivity index (χ0v) is 12.3. The molecular formula is C14H17NO4S. The van der Waals surface area contributed by atoms with Crippen LogP contribution in [0.15, 0.2) is 18.2 Å². The van der Waals surface area contributed by atoms with E-state index in [0.29, 0.717) is 17.9 Å². The Labute approximate surface area is 118 Å². The minimum absolute atomic E-state index is 0.0150. The third-order valence-electron chi connectivity index (χ3n) is 4.07. The highest BCUT2D eigenvalue weighted by Crippen LogP contribution is 2.41. The van der Waals surface area contributed by atoms with E-state index < -0.39 is 9.84 Å². The van der Waals surface area contributed by atoms with E-state index >= 15 is 0 Å². The fraction of sp³-hybridized carbons (Fsp3) is 0.500. The molecule has 2 fully saturated rings. The van der Waals surface area contributed by atoms with Crippen molar-refractivity contribution in [2.45, 2.75) is 19.4 Å². The summed E-state index contributed by atoms with van der Waals surface area (Å²) in [5.41, 5.74) is 1.69. The Morgan fingerprint density at radius 3 is 2.75 bits per heavy atom. The summed E-state index contributed by atoms with van der Waals surface area (Å²) in [5.74, 6) is 0.680. The molecule has 108 valence electrons. The van der Waals surface area contributed by atoms with Gasteiger partial charge in [0.15, 0.2) is 9.84 Å². The Morgan fingerprint density at radius 1 is 1.30 bits per heavy atom. The number of hydrogen-bond donors (Lipinski definition) is 0. The van der Waals surface area contributed by atoms with Gasteiger partial charge in [0.2, 0.25) is 5.91 Å². The van der Waals surface area contributed by atoms with Crippen LogP contribution in [0.3, 0.4) is 0 Å². The summed E-state index contributed by atoms with van der Waals surface area (Å²) in [6, 6.07) is 5.35. The highest BCUT2D eigenvalue weighted by atomic mass is 32.2. The highest BCUT2D eigenvalue weighted by molar-refractivity contribution is 7.91. The number of amides is 1. The van der Waals surface area contributed by atoms with Gasteiger partial charge in [0, 0.05) is 12.3 Å². The van der Waals surface area contributed by atoms with Crippen LogP contribution in [0.1, 0.15) is 12.0 Å². The summed E-state index contributed by atoms with van der Waals surface area (Å²) < 4.78 is 28.9. The average molecular weight is 295 g/mol. The Morgan fingerprint density at radius 2 is 2.05 bits per heavy atom. The van der Waals surface area contributed by atoms with Crippen LogP contribution in [0.5, 0.6) is 5.75 Å². The van der Waals surface area contributed by atoms with Gasteiger partial charge < -0.3 is 9.64 Å². The number of fused-ring (bicyclic) bond motifs is 1. The van der Waals surface area contributed by atoms with E-state index in [1.54, 1.807) is 12.0 Å². The monoisotopic (exact) mass is 295 g/mol. The van der Waals surface area contributed by atoms with Gasteiger partial charge in [-0.15, -0.1) is 0 Å². The number of carbonyl (C=O) groups is 1. The summed E-state index contributed by atoms with van der Waals surface area (Å²) in [6.07, 6.45) is 0.307. The number of carbonyl (C=O) groups excluding carboxylic acids is 1. The van der Waals surface area contributed by atoms with Gasteiger partial charge in [-0.25, -0.2) is 8.42 Å². The van der Waals surface area contributed by atoms with E-state index in [0.717, 1.165) is 5.56 Å². The number of hydrogen-bond acceptors (Lipinski definition) is 4. The summed E-state index contributed by atoms with van der Waals surface area (Å²) >= 11 is 0. The van der Waals surface area contributed by atoms with E-state index in [9.17, 15) is 13.2 Å². The molecule has 0 radical (unpaired) electrons. The standard InChI is InChI=1S/C14H17NO4S/c1-9-3-4-13(19-2)11(5-9)15-12-8-20(17,18)7-10(12)6-14(15)16/h3-5,10,12H,6-8H2,1-2H3/t10-,12-/m0/s1. The molecule has 0 saturated carbocycles. The van der Waals surface area contributed by atoms with Crippen LogP contribution >= 0.6 is 0 Å². The smallest absolute Gasteiger partial charge is 0.227 e. The second kappa shape index (κ2) is 4.48. The Hall–Kier alpha value is -1.56. The fourth-order valence-electron chi connectivity index (χ4n) is 3.19. The first-order valence-corrected chi connectivity index (χ1v) is 8.40. The van der Waals surface area contributed by atoms with E-state index in [-0.39, 0.29) is 29.4 Å². The number of ether oxygens (including phenoxy) is 1. The largest absolute Gasteiger partial charge is 0.495 e. The van der Waals surface area contributed by atoms with Crippen molar-refractivity contribution in [3.8, 4) is 5.75 Å². The van der Waals surface area contributed by atoms with Crippen LogP contribution in [0.4, 0.5) is 5.69 Å². The second-order valence-electron chi connectivity index (χ2n) is 5.55. The zero-order valence-electron chi connectivity index (χ0n) is 11.5. The quantitative estimate of drug-likeness (QED) is 0.821. The molecule has 2 saturated heterocycles. The molecule has 5 nitrogen and oxygen atoms in total. The molecule has 20 heavy (non-hydrogen) atoms. The van der Waals surface area contributed by atoms with Gasteiger partial charge in [0.25, 0.3) is 0 Å². The molecule has 0 unspecified atom stereocenters. The van der Waals surface area contributed by atoms with E-state index in [2.05, 4.69) is 0 Å². The number of aryl methyl sites for hydroxylation is 1. The summed E-state index contributed by atoms with van der Waals surface area (Å²) in [4.78, 5) is 13.9. The number of rotatable bonds is 2. The number of nitrogens with zero attached hydrogens (tertiary/aromatic N) is 1. The maximum atomic E-state index is 12.3. The Bertz CT molecular complexity index is 668. The number of methoxy groups -OCH3 is 1. The normalized spacial score (nSPS) is 27.7. The lowest BCUT2D eigenvalue weighted by Crippen LogP contribution is -2.36. The number of anilines is 1. The lowest BCUT2D eigenvalue weighted by molar-refractivity contribution is -0.117. The molecular weight excluding hydrogens is 278 g/mol. The lowest BCUT2D eigenvalue weighted by Gasteiger charge is -2.25. The van der Waals surface area contributed by atoms with Crippen LogP contribution in [0.25, 0.3) is 0 Å². The van der Waals surface area contributed by atoms with Gasteiger partial charge in [0.1, 0.15) is 5.75 Å². The molecule has 0 aliphatic carbocycles. The second-order valence-corrected chi connectivity index (χ2v) is 7.70. The molecule has 1 aromatic rings. The molecule has 0 aromatic heterocycles. The minimum atomic E-state index is -3.03. The van der Waals surface area contributed by atoms with Crippen LogP contribution < -0.4 is 9.64 Å². The van der Waals surface area contributed by atoms with Gasteiger partial charge in [-0.05, 0) is 24.6 Å². The van der Waals surface area contributed by atoms with Crippen molar-refractivity contribution in [1.29, 1.82) is 0 Å². The molecule has 6 heteroatoms. The van der Waals surface area contributed by atoms with Crippen molar-refractivity contribution in [2.75, 3.05) is 23.5 Å². The van der Waals surface area contributed by atoms with Crippen LogP contribution in [0.2, 0.25) is 0 Å². The molecule has 2 aliphatic heterocycles. The van der Waals surface area contributed by atoms with Crippen molar-refractivity contribution in [1.82, 2.24) is 0 Å². The number of sulfone groups is 1. The molecule has 2 atom stereocenters. The van der Waals surface area contributed by atoms with E-state index in [4.69, 9.17) is 4.74 Å². The SMILES string of the molecule is COc1ccc(C)cc1N1C(=O)C[C@H]2CS(=O)(=O)C[C@@H]21. The van der Waals surface area contributed by atoms with Gasteiger partial charge in [-0.3, -0.25) is 4.79 Å². The van der Waals surface area contributed by atoms with Crippen molar-refractivity contribution in [3.05, 3.63) is 23.8 Å². The maximum absolute atomic E-state index is 12.3. The summed E-state index contributed by atoms with van der Waals surface area (Å²) in [6.45, 7) is 1.94. The summed E-state index contributed by atoms with van der Waals surface area (Å²) in [5, 5.41) is 0. The van der Waals surface area contributed by atoms with Crippen LogP contribution in [0, 0.1) is 12.8 Å². The van der Waals surface area contributed by atoms with Gasteiger partial charge in [0.05, 0.1) is 30.3 Å². The molecule has 2 heterocycles. The molecule has 3 rings (SSSR count). The predicted molar refractivity (Wildman–Crippen MR) is 75.8 cm³/mol. The van der Waals surface area contributed by atoms with E-state index in [1.807, 2.05) is 25.1 Å².